The van der Waals surface area contributed by atoms with E-state index in [1.165, 1.54) is 122 Å². The molecule has 0 amide bonds. The van der Waals surface area contributed by atoms with E-state index < -0.39 is 18.1 Å². The fourth-order valence-electron chi connectivity index (χ4n) is 6.73. The number of carboxylic acids is 1. The molecule has 0 heterocycles. The van der Waals surface area contributed by atoms with E-state index in [2.05, 4.69) is 38.2 Å². The molecule has 0 radical (unpaired) electrons. The van der Waals surface area contributed by atoms with Crippen LogP contribution in [0.25, 0.3) is 0 Å². The van der Waals surface area contributed by atoms with Gasteiger partial charge in [0, 0.05) is 19.3 Å². The van der Waals surface area contributed by atoms with Crippen molar-refractivity contribution in [2.75, 3.05) is 41.0 Å². The molecule has 0 saturated heterocycles. The summed E-state index contributed by atoms with van der Waals surface area (Å²) in [5, 5.41) is 9.62. The second kappa shape index (κ2) is 38.7. The van der Waals surface area contributed by atoms with Crippen LogP contribution in [0, 0.1) is 0 Å². The van der Waals surface area contributed by atoms with Gasteiger partial charge in [0.1, 0.15) is 6.61 Å². The van der Waals surface area contributed by atoms with E-state index in [0.29, 0.717) is 19.3 Å². The van der Waals surface area contributed by atoms with Gasteiger partial charge in [-0.1, -0.05) is 147 Å². The monoisotopic (exact) mass is 779 g/mol. The molecule has 322 valence electrons. The van der Waals surface area contributed by atoms with Gasteiger partial charge in [-0.05, 0) is 64.2 Å². The molecule has 0 spiro atoms. The number of ether oxygens (including phenoxy) is 3. The number of rotatable bonds is 41. The van der Waals surface area contributed by atoms with E-state index in [4.69, 9.17) is 14.2 Å². The standard InChI is InChI=1S/C47H87NO7/c1-6-8-10-12-14-16-18-20-21-22-23-24-25-26-28-30-32-34-36-38-46(50)55-43(41-53-40-39-44(47(51)52)48(3,4)5)42-54-45(49)37-35-33-31-29-27-19-17-15-13-11-9-7-2/h15,17,22-23,43-44H,6-14,16,18-21,24-42H2,1-5H3/p+1/b17-15+,23-22+. The first-order valence-electron chi connectivity index (χ1n) is 22.9. The number of likely N-dealkylation sites (N-methyl/N-ethyl adjacent to an activating group) is 1. The summed E-state index contributed by atoms with van der Waals surface area (Å²) in [6.45, 7) is 4.71. The maximum atomic E-state index is 12.7. The van der Waals surface area contributed by atoms with Crippen LogP contribution < -0.4 is 0 Å². The molecule has 8 heteroatoms. The molecule has 0 aliphatic carbocycles. The molecule has 0 aliphatic heterocycles. The second-order valence-electron chi connectivity index (χ2n) is 16.7. The molecule has 0 aromatic carbocycles. The fraction of sp³-hybridized carbons (Fsp3) is 0.851. The predicted molar refractivity (Wildman–Crippen MR) is 229 cm³/mol. The van der Waals surface area contributed by atoms with E-state index in [1.807, 2.05) is 21.1 Å². The number of carboxylic acid groups (broad SMARTS) is 1. The van der Waals surface area contributed by atoms with E-state index in [9.17, 15) is 19.5 Å². The Kier molecular flexibility index (Phi) is 37.1. The lowest BCUT2D eigenvalue weighted by molar-refractivity contribution is -0.887. The third-order valence-electron chi connectivity index (χ3n) is 10.3. The van der Waals surface area contributed by atoms with Crippen LogP contribution in [-0.2, 0) is 28.6 Å². The number of carbonyl (C=O) groups is 3. The summed E-state index contributed by atoms with van der Waals surface area (Å²) in [5.41, 5.74) is 0. The maximum Gasteiger partial charge on any atom is 0.362 e. The summed E-state index contributed by atoms with van der Waals surface area (Å²) in [5.74, 6) is -1.48. The molecule has 1 N–H and O–H groups in total. The maximum absolute atomic E-state index is 12.7. The zero-order chi connectivity index (χ0) is 40.7. The molecule has 55 heavy (non-hydrogen) atoms. The molecule has 0 aromatic heterocycles. The lowest BCUT2D eigenvalue weighted by atomic mass is 10.1. The Morgan fingerprint density at radius 3 is 1.35 bits per heavy atom. The molecular formula is C47H88NO7+. The highest BCUT2D eigenvalue weighted by Crippen LogP contribution is 2.14. The van der Waals surface area contributed by atoms with Gasteiger partial charge in [-0.2, -0.15) is 0 Å². The lowest BCUT2D eigenvalue weighted by Gasteiger charge is -2.31. The molecule has 0 aromatic rings. The topological polar surface area (TPSA) is 99.1 Å². The minimum Gasteiger partial charge on any atom is -0.477 e. The first-order valence-corrected chi connectivity index (χ1v) is 22.9. The van der Waals surface area contributed by atoms with Crippen molar-refractivity contribution in [3.63, 3.8) is 0 Å². The number of nitrogens with zero attached hydrogens (tertiary/aromatic N) is 1. The first-order chi connectivity index (χ1) is 26.6. The van der Waals surface area contributed by atoms with Gasteiger partial charge in [-0.25, -0.2) is 4.79 Å². The van der Waals surface area contributed by atoms with Gasteiger partial charge in [0.2, 0.25) is 0 Å². The zero-order valence-corrected chi connectivity index (χ0v) is 36.6. The molecule has 0 aliphatic rings. The van der Waals surface area contributed by atoms with Gasteiger partial charge >= 0.3 is 17.9 Å². The Balaban J connectivity index is 4.30. The number of esters is 2. The molecule has 2 unspecified atom stereocenters. The summed E-state index contributed by atoms with van der Waals surface area (Å²) in [4.78, 5) is 37.0. The van der Waals surface area contributed by atoms with Crippen LogP contribution in [0.4, 0.5) is 0 Å². The highest BCUT2D eigenvalue weighted by atomic mass is 16.6. The summed E-state index contributed by atoms with van der Waals surface area (Å²) in [6, 6.07) is -0.614. The minimum atomic E-state index is -0.876. The van der Waals surface area contributed by atoms with Gasteiger partial charge in [-0.3, -0.25) is 9.59 Å². The molecule has 0 rings (SSSR count). The summed E-state index contributed by atoms with van der Waals surface area (Å²) in [6.07, 6.45) is 42.2. The van der Waals surface area contributed by atoms with Gasteiger partial charge in [-0.15, -0.1) is 0 Å². The molecule has 0 fully saturated rings. The Bertz CT molecular complexity index is 957. The predicted octanol–water partition coefficient (Wildman–Crippen LogP) is 12.5. The van der Waals surface area contributed by atoms with Crippen molar-refractivity contribution in [2.24, 2.45) is 0 Å². The van der Waals surface area contributed by atoms with Crippen LogP contribution in [0.2, 0.25) is 0 Å². The van der Waals surface area contributed by atoms with E-state index >= 15 is 0 Å². The van der Waals surface area contributed by atoms with E-state index in [-0.39, 0.29) is 36.2 Å². The second-order valence-corrected chi connectivity index (χ2v) is 16.7. The normalized spacial score (nSPS) is 13.1. The average molecular weight is 779 g/mol. The first kappa shape index (κ1) is 52.8. The van der Waals surface area contributed by atoms with Crippen molar-refractivity contribution in [2.45, 2.75) is 219 Å². The third kappa shape index (κ3) is 37.2. The van der Waals surface area contributed by atoms with Crippen molar-refractivity contribution < 1.29 is 38.2 Å². The highest BCUT2D eigenvalue weighted by molar-refractivity contribution is 5.72. The minimum absolute atomic E-state index is 0.0543. The van der Waals surface area contributed by atoms with Gasteiger partial charge in [0.25, 0.3) is 0 Å². The SMILES string of the molecule is CCCCC/C=C/CCCCCCCC(=O)OCC(COCCC(C(=O)O)[N+](C)(C)C)OC(=O)CCCCCCCCC/C=C/CCCCCCCCCC. The fourth-order valence-corrected chi connectivity index (χ4v) is 6.73. The van der Waals surface area contributed by atoms with E-state index in [1.54, 1.807) is 0 Å². The zero-order valence-electron chi connectivity index (χ0n) is 36.6. The highest BCUT2D eigenvalue weighted by Gasteiger charge is 2.31. The average Bonchev–Trinajstić information content (AvgIpc) is 3.14. The molecular weight excluding hydrogens is 691 g/mol. The number of aliphatic carboxylic acids is 1. The number of allylic oxidation sites excluding steroid dienone is 4. The Hall–Kier alpha value is -2.19. The largest absolute Gasteiger partial charge is 0.477 e. The number of quaternary nitrogens is 1. The molecule has 2 atom stereocenters. The van der Waals surface area contributed by atoms with Crippen molar-refractivity contribution in [1.82, 2.24) is 0 Å². The Morgan fingerprint density at radius 2 is 0.909 bits per heavy atom. The van der Waals surface area contributed by atoms with Gasteiger partial charge in [0.05, 0.1) is 34.4 Å². The van der Waals surface area contributed by atoms with Crippen molar-refractivity contribution in [3.8, 4) is 0 Å². The summed E-state index contributed by atoms with van der Waals surface area (Å²) < 4.78 is 17.3. The lowest BCUT2D eigenvalue weighted by Crippen LogP contribution is -2.50. The molecule has 8 nitrogen and oxygen atoms in total. The quantitative estimate of drug-likeness (QED) is 0.0285. The third-order valence-corrected chi connectivity index (χ3v) is 10.3. The Morgan fingerprint density at radius 1 is 0.527 bits per heavy atom. The summed E-state index contributed by atoms with van der Waals surface area (Å²) in [7, 11) is 5.53. The van der Waals surface area contributed by atoms with Crippen molar-refractivity contribution in [1.29, 1.82) is 0 Å². The molecule has 0 bridgehead atoms. The van der Waals surface area contributed by atoms with Gasteiger partial charge < -0.3 is 23.8 Å². The number of unbranched alkanes of at least 4 members (excludes halogenated alkanes) is 23. The Labute approximate surface area is 339 Å². The van der Waals surface area contributed by atoms with Crippen LogP contribution in [-0.4, -0.2) is 80.6 Å². The van der Waals surface area contributed by atoms with Crippen molar-refractivity contribution in [3.05, 3.63) is 24.3 Å². The van der Waals surface area contributed by atoms with Crippen molar-refractivity contribution >= 4 is 17.9 Å². The van der Waals surface area contributed by atoms with E-state index in [0.717, 1.165) is 51.4 Å². The molecule has 0 saturated carbocycles. The number of hydrogen-bond acceptors (Lipinski definition) is 6. The van der Waals surface area contributed by atoms with Gasteiger partial charge in [0.15, 0.2) is 12.1 Å². The van der Waals surface area contributed by atoms with Crippen LogP contribution in [0.15, 0.2) is 24.3 Å². The summed E-state index contributed by atoms with van der Waals surface area (Å²) >= 11 is 0. The van der Waals surface area contributed by atoms with Crippen LogP contribution >= 0.6 is 0 Å². The number of carbonyl (C=O) groups excluding carboxylic acids is 2. The van der Waals surface area contributed by atoms with Crippen LogP contribution in [0.1, 0.15) is 206 Å². The smallest absolute Gasteiger partial charge is 0.362 e. The van der Waals surface area contributed by atoms with Crippen LogP contribution in [0.3, 0.4) is 0 Å². The number of hydrogen-bond donors (Lipinski definition) is 1. The van der Waals surface area contributed by atoms with Crippen LogP contribution in [0.5, 0.6) is 0 Å².